The van der Waals surface area contributed by atoms with Gasteiger partial charge in [0.15, 0.2) is 0 Å². The highest BCUT2D eigenvalue weighted by atomic mass is 35.5. The molecule has 0 spiro atoms. The van der Waals surface area contributed by atoms with Gasteiger partial charge >= 0.3 is 0 Å². The third-order valence-corrected chi connectivity index (χ3v) is 3.21. The van der Waals surface area contributed by atoms with Crippen LogP contribution in [0.1, 0.15) is 18.7 Å². The van der Waals surface area contributed by atoms with Crippen LogP contribution in [0, 0.1) is 0 Å². The minimum absolute atomic E-state index is 0.0416. The smallest absolute Gasteiger partial charge is 0.138 e. The van der Waals surface area contributed by atoms with Crippen LogP contribution in [0.25, 0.3) is 0 Å². The lowest BCUT2D eigenvalue weighted by atomic mass is 10.2. The van der Waals surface area contributed by atoms with Crippen LogP contribution >= 0.6 is 11.6 Å². The maximum Gasteiger partial charge on any atom is 0.138 e. The maximum atomic E-state index is 9.89. The summed E-state index contributed by atoms with van der Waals surface area (Å²) in [7, 11) is 0. The minimum atomic E-state index is -0.622. The second kappa shape index (κ2) is 7.33. The van der Waals surface area contributed by atoms with Crippen LogP contribution in [0.2, 0.25) is 5.02 Å². The first kappa shape index (κ1) is 14.9. The van der Waals surface area contributed by atoms with Crippen LogP contribution in [-0.4, -0.2) is 24.4 Å². The van der Waals surface area contributed by atoms with E-state index in [0.29, 0.717) is 17.3 Å². The number of hydrogen-bond acceptors (Lipinski definition) is 4. The molecular weight excluding hydrogens is 278 g/mol. The van der Waals surface area contributed by atoms with E-state index in [1.54, 1.807) is 18.4 Å². The molecule has 1 heterocycles. The molecule has 0 radical (unpaired) electrons. The summed E-state index contributed by atoms with van der Waals surface area (Å²) in [4.78, 5) is 0. The van der Waals surface area contributed by atoms with Crippen molar-refractivity contribution in [1.82, 2.24) is 5.32 Å². The van der Waals surface area contributed by atoms with Crippen molar-refractivity contribution >= 4 is 11.6 Å². The fourth-order valence-corrected chi connectivity index (χ4v) is 1.95. The van der Waals surface area contributed by atoms with Crippen molar-refractivity contribution in [2.75, 3.05) is 13.2 Å². The maximum absolute atomic E-state index is 9.89. The molecule has 0 amide bonds. The molecule has 2 atom stereocenters. The fraction of sp³-hybridized carbons (Fsp3) is 0.333. The second-order valence-corrected chi connectivity index (χ2v) is 4.95. The zero-order chi connectivity index (χ0) is 14.4. The SMILES string of the molecule is C[C@H](NCC(O)COc1ccccc1Cl)c1ccco1. The van der Waals surface area contributed by atoms with E-state index < -0.39 is 6.10 Å². The van der Waals surface area contributed by atoms with Crippen LogP contribution < -0.4 is 10.1 Å². The molecule has 0 saturated carbocycles. The van der Waals surface area contributed by atoms with Crippen LogP contribution in [0.3, 0.4) is 0 Å². The highest BCUT2D eigenvalue weighted by molar-refractivity contribution is 6.32. The molecule has 0 aliphatic heterocycles. The summed E-state index contributed by atoms with van der Waals surface area (Å²) in [6, 6.07) is 11.0. The molecule has 20 heavy (non-hydrogen) atoms. The summed E-state index contributed by atoms with van der Waals surface area (Å²) < 4.78 is 10.8. The van der Waals surface area contributed by atoms with Crippen LogP contribution in [0.4, 0.5) is 0 Å². The van der Waals surface area contributed by atoms with Gasteiger partial charge in [-0.2, -0.15) is 0 Å². The Morgan fingerprint density at radius 1 is 1.30 bits per heavy atom. The number of aliphatic hydroxyl groups excluding tert-OH is 1. The van der Waals surface area contributed by atoms with Crippen LogP contribution in [0.15, 0.2) is 47.1 Å². The van der Waals surface area contributed by atoms with Gasteiger partial charge in [0.05, 0.1) is 17.3 Å². The third-order valence-electron chi connectivity index (χ3n) is 2.90. The fourth-order valence-electron chi connectivity index (χ4n) is 1.76. The first-order chi connectivity index (χ1) is 9.66. The highest BCUT2D eigenvalue weighted by Crippen LogP contribution is 2.23. The van der Waals surface area contributed by atoms with E-state index in [-0.39, 0.29) is 12.6 Å². The Balaban J connectivity index is 1.73. The average Bonchev–Trinajstić information content (AvgIpc) is 2.98. The molecule has 0 saturated heterocycles. The highest BCUT2D eigenvalue weighted by Gasteiger charge is 2.11. The quantitative estimate of drug-likeness (QED) is 0.824. The number of benzene rings is 1. The molecule has 0 fully saturated rings. The Kier molecular flexibility index (Phi) is 5.47. The van der Waals surface area contributed by atoms with Gasteiger partial charge in [0.2, 0.25) is 0 Å². The molecule has 0 aliphatic rings. The number of rotatable bonds is 7. The van der Waals surface area contributed by atoms with E-state index in [2.05, 4.69) is 5.32 Å². The number of aliphatic hydroxyl groups is 1. The van der Waals surface area contributed by atoms with Crippen LogP contribution in [0.5, 0.6) is 5.75 Å². The Bertz CT molecular complexity index is 516. The average molecular weight is 296 g/mol. The van der Waals surface area contributed by atoms with E-state index in [1.165, 1.54) is 0 Å². The molecule has 0 bridgehead atoms. The standard InChI is InChI=1S/C15H18ClNO3/c1-11(14-7-4-8-19-14)17-9-12(18)10-20-15-6-3-2-5-13(15)16/h2-8,11-12,17-18H,9-10H2,1H3/t11-,12?/m0/s1. The zero-order valence-electron chi connectivity index (χ0n) is 11.3. The predicted molar refractivity (Wildman–Crippen MR) is 78.1 cm³/mol. The first-order valence-electron chi connectivity index (χ1n) is 6.49. The molecule has 4 nitrogen and oxygen atoms in total. The van der Waals surface area contributed by atoms with Gasteiger partial charge in [-0.05, 0) is 31.2 Å². The van der Waals surface area contributed by atoms with Gasteiger partial charge in [-0.25, -0.2) is 0 Å². The number of hydrogen-bond donors (Lipinski definition) is 2. The Morgan fingerprint density at radius 2 is 2.10 bits per heavy atom. The van der Waals surface area contributed by atoms with Gasteiger partial charge in [-0.1, -0.05) is 23.7 Å². The molecule has 0 aliphatic carbocycles. The van der Waals surface area contributed by atoms with E-state index in [4.69, 9.17) is 20.8 Å². The van der Waals surface area contributed by atoms with Gasteiger partial charge in [-0.3, -0.25) is 0 Å². The lowest BCUT2D eigenvalue weighted by molar-refractivity contribution is 0.103. The lowest BCUT2D eigenvalue weighted by Gasteiger charge is -2.16. The van der Waals surface area contributed by atoms with Crippen molar-refractivity contribution in [3.05, 3.63) is 53.4 Å². The minimum Gasteiger partial charge on any atom is -0.489 e. The van der Waals surface area contributed by atoms with Gasteiger partial charge < -0.3 is 19.6 Å². The molecule has 2 aromatic rings. The van der Waals surface area contributed by atoms with E-state index in [0.717, 1.165) is 5.76 Å². The second-order valence-electron chi connectivity index (χ2n) is 4.54. The van der Waals surface area contributed by atoms with Gasteiger partial charge in [-0.15, -0.1) is 0 Å². The summed E-state index contributed by atoms with van der Waals surface area (Å²) in [5, 5.41) is 13.6. The molecule has 1 aromatic carbocycles. The number of nitrogens with one attached hydrogen (secondary N) is 1. The number of para-hydroxylation sites is 1. The molecule has 5 heteroatoms. The number of furan rings is 1. The van der Waals surface area contributed by atoms with E-state index >= 15 is 0 Å². The van der Waals surface area contributed by atoms with Gasteiger partial charge in [0, 0.05) is 6.54 Å². The van der Waals surface area contributed by atoms with Crippen molar-refractivity contribution in [2.45, 2.75) is 19.1 Å². The summed E-state index contributed by atoms with van der Waals surface area (Å²) >= 11 is 5.97. The molecule has 2 rings (SSSR count). The number of halogens is 1. The van der Waals surface area contributed by atoms with Crippen molar-refractivity contribution < 1.29 is 14.3 Å². The summed E-state index contributed by atoms with van der Waals surface area (Å²) in [6.45, 7) is 2.56. The van der Waals surface area contributed by atoms with E-state index in [9.17, 15) is 5.11 Å². The zero-order valence-corrected chi connectivity index (χ0v) is 12.0. The monoisotopic (exact) mass is 295 g/mol. The molecule has 1 unspecified atom stereocenters. The van der Waals surface area contributed by atoms with Gasteiger partial charge in [0.1, 0.15) is 24.2 Å². The third kappa shape index (κ3) is 4.27. The molecular formula is C15H18ClNO3. The summed E-state index contributed by atoms with van der Waals surface area (Å²) in [6.07, 6.45) is 1.01. The Hall–Kier alpha value is -1.49. The van der Waals surface area contributed by atoms with Gasteiger partial charge in [0.25, 0.3) is 0 Å². The van der Waals surface area contributed by atoms with Crippen molar-refractivity contribution in [2.24, 2.45) is 0 Å². The Morgan fingerprint density at radius 3 is 2.80 bits per heavy atom. The van der Waals surface area contributed by atoms with Crippen LogP contribution in [-0.2, 0) is 0 Å². The first-order valence-corrected chi connectivity index (χ1v) is 6.87. The lowest BCUT2D eigenvalue weighted by Crippen LogP contribution is -2.32. The largest absolute Gasteiger partial charge is 0.489 e. The Labute approximate surface area is 123 Å². The summed E-state index contributed by atoms with van der Waals surface area (Å²) in [5.41, 5.74) is 0. The summed E-state index contributed by atoms with van der Waals surface area (Å²) in [5.74, 6) is 1.41. The molecule has 108 valence electrons. The van der Waals surface area contributed by atoms with Crippen molar-refractivity contribution in [3.8, 4) is 5.75 Å². The number of ether oxygens (including phenoxy) is 1. The normalized spacial score (nSPS) is 13.9. The topological polar surface area (TPSA) is 54.6 Å². The van der Waals surface area contributed by atoms with Crippen molar-refractivity contribution in [3.63, 3.8) is 0 Å². The van der Waals surface area contributed by atoms with E-state index in [1.807, 2.05) is 31.2 Å². The predicted octanol–water partition coefficient (Wildman–Crippen LogP) is 3.02. The molecule has 2 N–H and O–H groups in total. The molecule has 1 aromatic heterocycles. The van der Waals surface area contributed by atoms with Crippen molar-refractivity contribution in [1.29, 1.82) is 0 Å².